The van der Waals surface area contributed by atoms with E-state index in [0.29, 0.717) is 25.9 Å². The average Bonchev–Trinajstić information content (AvgIpc) is 2.67. The minimum Gasteiger partial charge on any atom is -0.464 e. The van der Waals surface area contributed by atoms with Crippen molar-refractivity contribution < 1.29 is 23.9 Å². The Morgan fingerprint density at radius 2 is 2.29 bits per heavy atom. The fourth-order valence-electron chi connectivity index (χ4n) is 3.32. The maximum atomic E-state index is 11.8. The van der Waals surface area contributed by atoms with Crippen LogP contribution in [0.4, 0.5) is 0 Å². The Bertz CT molecular complexity index is 395. The first kappa shape index (κ1) is 10.6. The van der Waals surface area contributed by atoms with Gasteiger partial charge in [-0.05, 0) is 0 Å². The van der Waals surface area contributed by atoms with Gasteiger partial charge in [0.15, 0.2) is 0 Å². The number of nitrogens with zero attached hydrogens (tertiary/aromatic N) is 1. The third kappa shape index (κ3) is 1.36. The summed E-state index contributed by atoms with van der Waals surface area (Å²) in [6.45, 7) is 0.963. The van der Waals surface area contributed by atoms with Gasteiger partial charge in [0, 0.05) is 19.4 Å². The lowest BCUT2D eigenvalue weighted by atomic mass is 9.82. The van der Waals surface area contributed by atoms with Gasteiger partial charge in [-0.2, -0.15) is 0 Å². The number of esters is 1. The van der Waals surface area contributed by atoms with Gasteiger partial charge in [0.1, 0.15) is 12.2 Å². The Kier molecular flexibility index (Phi) is 2.14. The molecule has 0 bridgehead atoms. The number of carbonyl (C=O) groups excluding carboxylic acids is 3. The van der Waals surface area contributed by atoms with Gasteiger partial charge >= 0.3 is 5.97 Å². The summed E-state index contributed by atoms with van der Waals surface area (Å²) in [5, 5.41) is 0. The summed E-state index contributed by atoms with van der Waals surface area (Å²) < 4.78 is 10.2. The van der Waals surface area contributed by atoms with Crippen LogP contribution in [0.15, 0.2) is 0 Å². The Labute approximate surface area is 97.8 Å². The fraction of sp³-hybridized carbons (Fsp3) is 0.727. The summed E-state index contributed by atoms with van der Waals surface area (Å²) in [7, 11) is 0. The van der Waals surface area contributed by atoms with Crippen molar-refractivity contribution in [1.82, 2.24) is 4.90 Å². The van der Waals surface area contributed by atoms with Crippen LogP contribution < -0.4 is 0 Å². The molecule has 6 heteroatoms. The van der Waals surface area contributed by atoms with Crippen molar-refractivity contribution in [3.05, 3.63) is 0 Å². The summed E-state index contributed by atoms with van der Waals surface area (Å²) in [4.78, 5) is 35.3. The minimum atomic E-state index is -0.555. The first-order chi connectivity index (χ1) is 8.15. The molecule has 0 unspecified atom stereocenters. The van der Waals surface area contributed by atoms with E-state index in [9.17, 15) is 14.4 Å². The van der Waals surface area contributed by atoms with Crippen LogP contribution in [0.3, 0.4) is 0 Å². The quantitative estimate of drug-likeness (QED) is 0.484. The Hall–Kier alpha value is -1.59. The normalized spacial score (nSPS) is 39.6. The third-order valence-electron chi connectivity index (χ3n) is 4.03. The van der Waals surface area contributed by atoms with E-state index in [1.54, 1.807) is 4.90 Å². The third-order valence-corrected chi connectivity index (χ3v) is 4.03. The standard InChI is InChI=1S/C11H13NO5/c13-6-16-7-1-2-12-9(14)3-8-11(12,4-7)5-10(15)17-8/h6-8H,1-5H2/t7-,8-,11-/m0/s1. The predicted octanol–water partition coefficient (Wildman–Crippen LogP) is -0.392. The van der Waals surface area contributed by atoms with E-state index in [2.05, 4.69) is 0 Å². The Balaban J connectivity index is 1.89. The molecule has 3 fully saturated rings. The van der Waals surface area contributed by atoms with Crippen LogP contribution >= 0.6 is 0 Å². The van der Waals surface area contributed by atoms with Gasteiger partial charge in [0.25, 0.3) is 6.47 Å². The van der Waals surface area contributed by atoms with Crippen molar-refractivity contribution in [2.45, 2.75) is 43.4 Å². The molecular weight excluding hydrogens is 226 g/mol. The van der Waals surface area contributed by atoms with Gasteiger partial charge in [-0.3, -0.25) is 14.4 Å². The molecule has 0 aromatic carbocycles. The van der Waals surface area contributed by atoms with E-state index in [-0.39, 0.29) is 36.9 Å². The van der Waals surface area contributed by atoms with Crippen LogP contribution in [0.1, 0.15) is 25.7 Å². The molecule has 3 rings (SSSR count). The average molecular weight is 239 g/mol. The molecule has 3 heterocycles. The number of hydrogen-bond acceptors (Lipinski definition) is 5. The molecule has 0 aromatic heterocycles. The van der Waals surface area contributed by atoms with E-state index < -0.39 is 5.54 Å². The molecule has 3 saturated heterocycles. The molecule has 6 nitrogen and oxygen atoms in total. The van der Waals surface area contributed by atoms with E-state index in [1.165, 1.54) is 0 Å². The largest absolute Gasteiger partial charge is 0.464 e. The van der Waals surface area contributed by atoms with Crippen LogP contribution in [0.2, 0.25) is 0 Å². The zero-order valence-corrected chi connectivity index (χ0v) is 9.26. The van der Waals surface area contributed by atoms with Crippen LogP contribution in [0.25, 0.3) is 0 Å². The summed E-state index contributed by atoms with van der Waals surface area (Å²) in [6.07, 6.45) is 1.05. The van der Waals surface area contributed by atoms with Crippen LogP contribution in [-0.4, -0.2) is 47.5 Å². The van der Waals surface area contributed by atoms with Crippen molar-refractivity contribution in [3.63, 3.8) is 0 Å². The monoisotopic (exact) mass is 239 g/mol. The lowest BCUT2D eigenvalue weighted by Gasteiger charge is -2.42. The van der Waals surface area contributed by atoms with E-state index in [4.69, 9.17) is 9.47 Å². The summed E-state index contributed by atoms with van der Waals surface area (Å²) in [6, 6.07) is 0. The summed E-state index contributed by atoms with van der Waals surface area (Å²) in [5.41, 5.74) is -0.555. The van der Waals surface area contributed by atoms with Gasteiger partial charge in [-0.25, -0.2) is 0 Å². The molecule has 0 aromatic rings. The predicted molar refractivity (Wildman–Crippen MR) is 53.7 cm³/mol. The maximum absolute atomic E-state index is 11.8. The molecule has 0 aliphatic carbocycles. The second-order valence-electron chi connectivity index (χ2n) is 4.86. The zero-order valence-electron chi connectivity index (χ0n) is 9.26. The summed E-state index contributed by atoms with van der Waals surface area (Å²) >= 11 is 0. The van der Waals surface area contributed by atoms with Gasteiger partial charge in [-0.1, -0.05) is 0 Å². The first-order valence-corrected chi connectivity index (χ1v) is 5.75. The van der Waals surface area contributed by atoms with Crippen molar-refractivity contribution >= 4 is 18.3 Å². The molecule has 92 valence electrons. The molecule has 0 saturated carbocycles. The lowest BCUT2D eigenvalue weighted by Crippen LogP contribution is -2.55. The van der Waals surface area contributed by atoms with Crippen molar-refractivity contribution in [2.24, 2.45) is 0 Å². The molecule has 0 N–H and O–H groups in total. The molecule has 3 aliphatic rings. The van der Waals surface area contributed by atoms with Gasteiger partial charge in [-0.15, -0.1) is 0 Å². The fourth-order valence-corrected chi connectivity index (χ4v) is 3.32. The van der Waals surface area contributed by atoms with Crippen LogP contribution in [-0.2, 0) is 23.9 Å². The Morgan fingerprint density at radius 3 is 3.06 bits per heavy atom. The highest BCUT2D eigenvalue weighted by atomic mass is 16.6. The highest BCUT2D eigenvalue weighted by molar-refractivity contribution is 5.86. The minimum absolute atomic E-state index is 0.0343. The topological polar surface area (TPSA) is 72.9 Å². The number of piperidine rings is 1. The lowest BCUT2D eigenvalue weighted by molar-refractivity contribution is -0.143. The molecule has 1 spiro atoms. The molecular formula is C11H13NO5. The molecule has 1 amide bonds. The Morgan fingerprint density at radius 1 is 1.47 bits per heavy atom. The second kappa shape index (κ2) is 3.45. The first-order valence-electron chi connectivity index (χ1n) is 5.75. The van der Waals surface area contributed by atoms with Crippen LogP contribution in [0, 0.1) is 0 Å². The smallest absolute Gasteiger partial charge is 0.308 e. The van der Waals surface area contributed by atoms with Crippen molar-refractivity contribution in [2.75, 3.05) is 6.54 Å². The maximum Gasteiger partial charge on any atom is 0.308 e. The number of ether oxygens (including phenoxy) is 2. The van der Waals surface area contributed by atoms with Gasteiger partial charge in [0.2, 0.25) is 5.91 Å². The second-order valence-corrected chi connectivity index (χ2v) is 4.86. The van der Waals surface area contributed by atoms with E-state index in [0.717, 1.165) is 0 Å². The summed E-state index contributed by atoms with van der Waals surface area (Å²) in [5.74, 6) is -0.230. The number of hydrogen-bond donors (Lipinski definition) is 0. The highest BCUT2D eigenvalue weighted by Crippen LogP contribution is 2.47. The van der Waals surface area contributed by atoms with Gasteiger partial charge in [0.05, 0.1) is 18.4 Å². The van der Waals surface area contributed by atoms with Crippen LogP contribution in [0.5, 0.6) is 0 Å². The molecule has 0 radical (unpaired) electrons. The van der Waals surface area contributed by atoms with Gasteiger partial charge < -0.3 is 14.4 Å². The molecule has 3 atom stereocenters. The van der Waals surface area contributed by atoms with E-state index in [1.807, 2.05) is 0 Å². The number of carbonyl (C=O) groups is 3. The highest BCUT2D eigenvalue weighted by Gasteiger charge is 2.62. The van der Waals surface area contributed by atoms with Crippen molar-refractivity contribution in [3.8, 4) is 0 Å². The molecule has 17 heavy (non-hydrogen) atoms. The SMILES string of the molecule is O=CO[C@H]1CCN2C(=O)C[C@@H]3OC(=O)C[C@@]32C1. The van der Waals surface area contributed by atoms with Crippen molar-refractivity contribution in [1.29, 1.82) is 0 Å². The number of rotatable bonds is 2. The van der Waals surface area contributed by atoms with E-state index >= 15 is 0 Å². The molecule has 3 aliphatic heterocycles. The zero-order chi connectivity index (χ0) is 12.0. The number of amides is 1.